The summed E-state index contributed by atoms with van der Waals surface area (Å²) >= 11 is 5.66. The fourth-order valence-electron chi connectivity index (χ4n) is 1.42. The molecule has 4 N–H and O–H groups in total. The number of nitrogen functional groups attached to an aromatic ring is 1. The molecule has 0 aliphatic carbocycles. The first-order valence-electron chi connectivity index (χ1n) is 5.70. The van der Waals surface area contributed by atoms with Gasteiger partial charge >= 0.3 is 0 Å². The molecule has 0 radical (unpaired) electrons. The molecule has 1 aromatic rings. The van der Waals surface area contributed by atoms with Crippen molar-refractivity contribution >= 4 is 27.3 Å². The van der Waals surface area contributed by atoms with Crippen molar-refractivity contribution in [3.8, 4) is 0 Å². The minimum atomic E-state index is -4.04. The molecule has 19 heavy (non-hydrogen) atoms. The van der Waals surface area contributed by atoms with Crippen molar-refractivity contribution < 1.29 is 17.9 Å². The average Bonchev–Trinajstić information content (AvgIpc) is 2.33. The topological polar surface area (TPSA) is 92.4 Å². The van der Waals surface area contributed by atoms with Crippen molar-refractivity contribution in [1.29, 1.82) is 0 Å². The minimum absolute atomic E-state index is 0.00317. The molecule has 0 heterocycles. The number of rotatable bonds is 6. The second-order valence-electron chi connectivity index (χ2n) is 4.06. The molecule has 0 spiro atoms. The molecule has 0 saturated heterocycles. The summed E-state index contributed by atoms with van der Waals surface area (Å²) in [6.45, 7) is 1.78. The second kappa shape index (κ2) is 6.51. The lowest BCUT2D eigenvalue weighted by molar-refractivity contribution is 0.162. The fraction of sp³-hybridized carbons (Fsp3) is 0.455. The maximum Gasteiger partial charge on any atom is 0.243 e. The van der Waals surface area contributed by atoms with E-state index in [9.17, 15) is 17.9 Å². The van der Waals surface area contributed by atoms with Crippen molar-refractivity contribution in [1.82, 2.24) is 4.72 Å². The zero-order valence-electron chi connectivity index (χ0n) is 10.4. The minimum Gasteiger partial charge on any atom is -0.396 e. The molecule has 0 saturated carbocycles. The summed E-state index contributed by atoms with van der Waals surface area (Å²) in [7, 11) is -4.04. The first-order chi connectivity index (χ1) is 8.77. The van der Waals surface area contributed by atoms with Gasteiger partial charge in [0.05, 0.1) is 11.8 Å². The number of anilines is 1. The predicted molar refractivity (Wildman–Crippen MR) is 71.9 cm³/mol. The van der Waals surface area contributed by atoms with E-state index in [2.05, 4.69) is 4.72 Å². The molecule has 0 aliphatic heterocycles. The fourth-order valence-corrected chi connectivity index (χ4v) is 2.89. The number of hydrogen-bond acceptors (Lipinski definition) is 4. The van der Waals surface area contributed by atoms with E-state index in [1.807, 2.05) is 0 Å². The number of halogens is 2. The van der Waals surface area contributed by atoms with Gasteiger partial charge < -0.3 is 10.8 Å². The van der Waals surface area contributed by atoms with Crippen LogP contribution in [-0.2, 0) is 10.0 Å². The van der Waals surface area contributed by atoms with E-state index in [0.29, 0.717) is 6.42 Å². The Kier molecular flexibility index (Phi) is 5.54. The van der Waals surface area contributed by atoms with Gasteiger partial charge in [-0.2, -0.15) is 0 Å². The Balaban J connectivity index is 2.89. The van der Waals surface area contributed by atoms with Crippen LogP contribution in [0.15, 0.2) is 17.0 Å². The van der Waals surface area contributed by atoms with Crippen LogP contribution in [0.3, 0.4) is 0 Å². The molecule has 1 atom stereocenters. The summed E-state index contributed by atoms with van der Waals surface area (Å²) in [5.41, 5.74) is 4.99. The second-order valence-corrected chi connectivity index (χ2v) is 6.23. The zero-order valence-corrected chi connectivity index (χ0v) is 11.9. The largest absolute Gasteiger partial charge is 0.396 e. The number of nitrogens with one attached hydrogen (secondary N) is 1. The van der Waals surface area contributed by atoms with Gasteiger partial charge in [0.25, 0.3) is 0 Å². The highest BCUT2D eigenvalue weighted by Crippen LogP contribution is 2.25. The van der Waals surface area contributed by atoms with Crippen LogP contribution in [0.4, 0.5) is 10.1 Å². The Morgan fingerprint density at radius 2 is 2.16 bits per heavy atom. The van der Waals surface area contributed by atoms with Gasteiger partial charge in [0, 0.05) is 11.6 Å². The Morgan fingerprint density at radius 1 is 1.53 bits per heavy atom. The molecule has 1 aromatic carbocycles. The molecule has 0 amide bonds. The van der Waals surface area contributed by atoms with Gasteiger partial charge in [-0.1, -0.05) is 18.5 Å². The number of aliphatic hydroxyl groups excluding tert-OH is 1. The quantitative estimate of drug-likeness (QED) is 0.694. The van der Waals surface area contributed by atoms with Gasteiger partial charge in [-0.25, -0.2) is 17.5 Å². The number of nitrogens with two attached hydrogens (primary N) is 1. The third kappa shape index (κ3) is 4.31. The molecule has 108 valence electrons. The van der Waals surface area contributed by atoms with Crippen LogP contribution in [0, 0.1) is 5.82 Å². The van der Waals surface area contributed by atoms with Crippen molar-refractivity contribution in [3.63, 3.8) is 0 Å². The predicted octanol–water partition coefficient (Wildman–Crippen LogP) is 1.50. The highest BCUT2D eigenvalue weighted by molar-refractivity contribution is 7.89. The summed E-state index contributed by atoms with van der Waals surface area (Å²) in [6.07, 6.45) is 0.158. The van der Waals surface area contributed by atoms with E-state index in [0.717, 1.165) is 12.1 Å². The number of benzene rings is 1. The van der Waals surface area contributed by atoms with Crippen LogP contribution in [0.5, 0.6) is 0 Å². The lowest BCUT2D eigenvalue weighted by atomic mass is 10.2. The molecule has 0 aromatic heterocycles. The summed E-state index contributed by atoms with van der Waals surface area (Å²) < 4.78 is 39.6. The Hall–Kier alpha value is -0.890. The molecular formula is C11H16ClFN2O3S. The number of hydrogen-bond donors (Lipinski definition) is 3. The summed E-state index contributed by atoms with van der Waals surface area (Å²) in [5, 5.41) is 9.35. The normalized spacial score (nSPS) is 13.5. The summed E-state index contributed by atoms with van der Waals surface area (Å²) in [4.78, 5) is -0.594. The third-order valence-electron chi connectivity index (χ3n) is 2.56. The Labute approximate surface area is 116 Å². The highest BCUT2D eigenvalue weighted by Gasteiger charge is 2.21. The monoisotopic (exact) mass is 310 g/mol. The van der Waals surface area contributed by atoms with Crippen molar-refractivity contribution in [3.05, 3.63) is 23.0 Å². The van der Waals surface area contributed by atoms with Crippen LogP contribution in [0.2, 0.25) is 5.02 Å². The van der Waals surface area contributed by atoms with Crippen LogP contribution < -0.4 is 10.5 Å². The van der Waals surface area contributed by atoms with Crippen molar-refractivity contribution in [2.75, 3.05) is 12.3 Å². The Bertz CT molecular complexity index is 551. The molecular weight excluding hydrogens is 295 g/mol. The molecule has 0 bridgehead atoms. The zero-order chi connectivity index (χ0) is 14.6. The summed E-state index contributed by atoms with van der Waals surface area (Å²) in [5.74, 6) is -1.03. The van der Waals surface area contributed by atoms with E-state index < -0.39 is 26.8 Å². The third-order valence-corrected chi connectivity index (χ3v) is 4.24. The molecule has 1 rings (SSSR count). The lowest BCUT2D eigenvalue weighted by Crippen LogP contribution is -2.28. The van der Waals surface area contributed by atoms with E-state index in [4.69, 9.17) is 17.3 Å². The molecule has 8 heteroatoms. The lowest BCUT2D eigenvalue weighted by Gasteiger charge is -2.11. The van der Waals surface area contributed by atoms with Gasteiger partial charge in [-0.3, -0.25) is 0 Å². The van der Waals surface area contributed by atoms with Crippen LogP contribution in [-0.4, -0.2) is 26.2 Å². The van der Waals surface area contributed by atoms with E-state index in [-0.39, 0.29) is 23.7 Å². The number of aliphatic hydroxyl groups is 1. The van der Waals surface area contributed by atoms with Crippen LogP contribution >= 0.6 is 11.6 Å². The molecule has 0 fully saturated rings. The molecule has 5 nitrogen and oxygen atoms in total. The van der Waals surface area contributed by atoms with Crippen molar-refractivity contribution in [2.24, 2.45) is 0 Å². The van der Waals surface area contributed by atoms with E-state index >= 15 is 0 Å². The van der Waals surface area contributed by atoms with E-state index in [1.165, 1.54) is 0 Å². The maximum atomic E-state index is 13.7. The SMILES string of the molecule is CCC(O)CCNS(=O)(=O)c1cc(Cl)cc(N)c1F. The standard InChI is InChI=1S/C11H16ClFN2O3S/c1-2-8(16)3-4-15-19(17,18)10-6-7(12)5-9(14)11(10)13/h5-6,8,15-16H,2-4,14H2,1H3. The highest BCUT2D eigenvalue weighted by atomic mass is 35.5. The van der Waals surface area contributed by atoms with E-state index in [1.54, 1.807) is 6.92 Å². The van der Waals surface area contributed by atoms with Gasteiger partial charge in [-0.05, 0) is 25.0 Å². The van der Waals surface area contributed by atoms with Crippen molar-refractivity contribution in [2.45, 2.75) is 30.8 Å². The molecule has 1 unspecified atom stereocenters. The van der Waals surface area contributed by atoms with Gasteiger partial charge in [0.2, 0.25) is 10.0 Å². The van der Waals surface area contributed by atoms with Gasteiger partial charge in [-0.15, -0.1) is 0 Å². The van der Waals surface area contributed by atoms with Gasteiger partial charge in [0.1, 0.15) is 4.90 Å². The first kappa shape index (κ1) is 16.2. The van der Waals surface area contributed by atoms with Crippen LogP contribution in [0.25, 0.3) is 0 Å². The smallest absolute Gasteiger partial charge is 0.243 e. The molecule has 0 aliphatic rings. The number of sulfonamides is 1. The first-order valence-corrected chi connectivity index (χ1v) is 7.56. The summed E-state index contributed by atoms with van der Waals surface area (Å²) in [6, 6.07) is 2.13. The Morgan fingerprint density at radius 3 is 2.74 bits per heavy atom. The van der Waals surface area contributed by atoms with Crippen LogP contribution in [0.1, 0.15) is 19.8 Å². The average molecular weight is 311 g/mol. The van der Waals surface area contributed by atoms with Gasteiger partial charge in [0.15, 0.2) is 5.82 Å². The maximum absolute atomic E-state index is 13.7.